The Morgan fingerprint density at radius 1 is 0.356 bits per heavy atom. The first-order valence-electron chi connectivity index (χ1n) is 15.2. The van der Waals surface area contributed by atoms with Crippen molar-refractivity contribution in [3.8, 4) is 34.2 Å². The van der Waals surface area contributed by atoms with Gasteiger partial charge in [0.05, 0.1) is 0 Å². The highest BCUT2D eigenvalue weighted by Crippen LogP contribution is 2.41. The minimum atomic E-state index is 0.648. The molecule has 0 atom stereocenters. The zero-order chi connectivity index (χ0) is 30.1. The van der Waals surface area contributed by atoms with E-state index in [1.807, 2.05) is 72.8 Å². The minimum absolute atomic E-state index is 0.648. The molecular weight excluding hydrogens is 550 g/mol. The summed E-state index contributed by atoms with van der Waals surface area (Å²) in [6.07, 6.45) is 0. The van der Waals surface area contributed by atoms with Crippen molar-refractivity contribution in [1.82, 2.24) is 15.0 Å². The van der Waals surface area contributed by atoms with E-state index < -0.39 is 0 Å². The molecule has 0 spiro atoms. The second kappa shape index (κ2) is 9.83. The molecular formula is C41H27N3O. The Morgan fingerprint density at radius 3 is 1.51 bits per heavy atom. The fourth-order valence-corrected chi connectivity index (χ4v) is 6.56. The summed E-state index contributed by atoms with van der Waals surface area (Å²) in [7, 11) is 0. The van der Waals surface area contributed by atoms with Gasteiger partial charge in [-0.3, -0.25) is 0 Å². The van der Waals surface area contributed by atoms with Gasteiger partial charge in [-0.15, -0.1) is 0 Å². The molecule has 0 aliphatic heterocycles. The zero-order valence-electron chi connectivity index (χ0n) is 24.9. The number of rotatable bonds is 3. The summed E-state index contributed by atoms with van der Waals surface area (Å²) in [6, 6.07) is 44.3. The summed E-state index contributed by atoms with van der Waals surface area (Å²) in [5.41, 5.74) is 7.20. The number of hydrogen-bond donors (Lipinski definition) is 0. The molecule has 2 aromatic heterocycles. The zero-order valence-corrected chi connectivity index (χ0v) is 24.9. The molecule has 9 rings (SSSR count). The lowest BCUT2D eigenvalue weighted by Gasteiger charge is -2.14. The third-order valence-corrected chi connectivity index (χ3v) is 9.00. The van der Waals surface area contributed by atoms with Crippen LogP contribution in [-0.2, 0) is 0 Å². The van der Waals surface area contributed by atoms with Gasteiger partial charge in [0.15, 0.2) is 17.5 Å². The largest absolute Gasteiger partial charge is 0.456 e. The molecule has 0 saturated heterocycles. The van der Waals surface area contributed by atoms with Gasteiger partial charge in [0, 0.05) is 27.5 Å². The summed E-state index contributed by atoms with van der Waals surface area (Å²) in [4.78, 5) is 14.9. The molecule has 0 unspecified atom stereocenters. The molecule has 2 heterocycles. The van der Waals surface area contributed by atoms with Crippen molar-refractivity contribution < 1.29 is 4.42 Å². The SMILES string of the molecule is Cc1cc2c3cc(-c4nc(-c5ccccc5)nc(-c5ccccc5)n4)ccc3c3cc4oc5ccccc5c4cc3c2cc1C. The van der Waals surface area contributed by atoms with Gasteiger partial charge in [-0.1, -0.05) is 103 Å². The maximum absolute atomic E-state index is 6.34. The Balaban J connectivity index is 1.35. The Labute approximate surface area is 259 Å². The van der Waals surface area contributed by atoms with Crippen LogP contribution in [0, 0.1) is 13.8 Å². The summed E-state index contributed by atoms with van der Waals surface area (Å²) in [5.74, 6) is 1.96. The Kier molecular flexibility index (Phi) is 5.59. The Bertz CT molecular complexity index is 2550. The van der Waals surface area contributed by atoms with Crippen LogP contribution < -0.4 is 0 Å². The number of aryl methyl sites for hydroxylation is 2. The van der Waals surface area contributed by atoms with Crippen molar-refractivity contribution in [3.05, 3.63) is 139 Å². The minimum Gasteiger partial charge on any atom is -0.456 e. The second-order valence-corrected chi connectivity index (χ2v) is 11.8. The maximum Gasteiger partial charge on any atom is 0.164 e. The number of para-hydroxylation sites is 1. The number of hydrogen-bond acceptors (Lipinski definition) is 4. The van der Waals surface area contributed by atoms with Crippen molar-refractivity contribution in [1.29, 1.82) is 0 Å². The van der Waals surface area contributed by atoms with Gasteiger partial charge in [-0.25, -0.2) is 15.0 Å². The van der Waals surface area contributed by atoms with Gasteiger partial charge in [0.2, 0.25) is 0 Å². The highest BCUT2D eigenvalue weighted by molar-refractivity contribution is 6.28. The standard InChI is InChI=1S/C41H27N3O/c1-24-19-31-32(20-25(24)2)34-22-36-30-15-9-10-16-37(30)45-38(36)23-35(34)29-18-17-28(21-33(29)31)41-43-39(26-11-5-3-6-12-26)42-40(44-41)27-13-7-4-8-14-27/h3-23H,1-2H3. The molecule has 0 amide bonds. The van der Waals surface area contributed by atoms with E-state index in [0.717, 1.165) is 44.0 Å². The molecule has 4 nitrogen and oxygen atoms in total. The van der Waals surface area contributed by atoms with Gasteiger partial charge >= 0.3 is 0 Å². The second-order valence-electron chi connectivity index (χ2n) is 11.8. The van der Waals surface area contributed by atoms with Crippen molar-refractivity contribution >= 4 is 54.3 Å². The number of furan rings is 1. The van der Waals surface area contributed by atoms with Crippen LogP contribution in [0.25, 0.3) is 88.4 Å². The van der Waals surface area contributed by atoms with E-state index in [9.17, 15) is 0 Å². The lowest BCUT2D eigenvalue weighted by Crippen LogP contribution is -2.00. The van der Waals surface area contributed by atoms with Crippen LogP contribution in [0.15, 0.2) is 132 Å². The van der Waals surface area contributed by atoms with E-state index in [-0.39, 0.29) is 0 Å². The lowest BCUT2D eigenvalue weighted by atomic mass is 9.90. The number of aromatic nitrogens is 3. The number of nitrogens with zero attached hydrogens (tertiary/aromatic N) is 3. The molecule has 212 valence electrons. The van der Waals surface area contributed by atoms with Gasteiger partial charge in [-0.05, 0) is 81.6 Å². The summed E-state index contributed by atoms with van der Waals surface area (Å²) >= 11 is 0. The maximum atomic E-state index is 6.34. The molecule has 0 bridgehead atoms. The predicted molar refractivity (Wildman–Crippen MR) is 185 cm³/mol. The van der Waals surface area contributed by atoms with E-state index in [1.54, 1.807) is 0 Å². The molecule has 7 aromatic carbocycles. The van der Waals surface area contributed by atoms with Crippen LogP contribution in [0.2, 0.25) is 0 Å². The van der Waals surface area contributed by atoms with E-state index in [1.165, 1.54) is 38.1 Å². The van der Waals surface area contributed by atoms with Crippen LogP contribution in [0.1, 0.15) is 11.1 Å². The quantitative estimate of drug-likeness (QED) is 0.196. The van der Waals surface area contributed by atoms with E-state index in [2.05, 4.69) is 68.4 Å². The van der Waals surface area contributed by atoms with Crippen LogP contribution >= 0.6 is 0 Å². The van der Waals surface area contributed by atoms with Gasteiger partial charge in [-0.2, -0.15) is 0 Å². The molecule has 9 aromatic rings. The average Bonchev–Trinajstić information content (AvgIpc) is 3.46. The molecule has 0 saturated carbocycles. The van der Waals surface area contributed by atoms with E-state index in [0.29, 0.717) is 17.5 Å². The summed E-state index contributed by atoms with van der Waals surface area (Å²) in [6.45, 7) is 4.37. The smallest absolute Gasteiger partial charge is 0.164 e. The van der Waals surface area contributed by atoms with Gasteiger partial charge in [0.1, 0.15) is 11.2 Å². The topological polar surface area (TPSA) is 51.8 Å². The van der Waals surface area contributed by atoms with Gasteiger partial charge < -0.3 is 4.42 Å². The molecule has 0 aliphatic carbocycles. The van der Waals surface area contributed by atoms with Crippen molar-refractivity contribution in [2.45, 2.75) is 13.8 Å². The summed E-state index contributed by atoms with van der Waals surface area (Å²) < 4.78 is 6.34. The predicted octanol–water partition coefficient (Wildman–Crippen LogP) is 10.8. The highest BCUT2D eigenvalue weighted by Gasteiger charge is 2.17. The fraction of sp³-hybridized carbons (Fsp3) is 0.0488. The number of benzene rings is 7. The highest BCUT2D eigenvalue weighted by atomic mass is 16.3. The van der Waals surface area contributed by atoms with Crippen LogP contribution in [-0.4, -0.2) is 15.0 Å². The van der Waals surface area contributed by atoms with Crippen LogP contribution in [0.4, 0.5) is 0 Å². The third-order valence-electron chi connectivity index (χ3n) is 9.00. The lowest BCUT2D eigenvalue weighted by molar-refractivity contribution is 0.669. The molecule has 0 N–H and O–H groups in total. The first-order valence-corrected chi connectivity index (χ1v) is 15.2. The molecule has 0 radical (unpaired) electrons. The first kappa shape index (κ1) is 25.6. The number of fused-ring (bicyclic) bond motifs is 9. The Morgan fingerprint density at radius 2 is 0.867 bits per heavy atom. The van der Waals surface area contributed by atoms with Crippen molar-refractivity contribution in [3.63, 3.8) is 0 Å². The summed E-state index contributed by atoms with van der Waals surface area (Å²) in [5, 5.41) is 9.46. The van der Waals surface area contributed by atoms with E-state index in [4.69, 9.17) is 19.4 Å². The van der Waals surface area contributed by atoms with Crippen molar-refractivity contribution in [2.75, 3.05) is 0 Å². The normalized spacial score (nSPS) is 11.8. The Hall–Kier alpha value is -5.87. The molecule has 0 aliphatic rings. The molecule has 45 heavy (non-hydrogen) atoms. The van der Waals surface area contributed by atoms with Gasteiger partial charge in [0.25, 0.3) is 0 Å². The van der Waals surface area contributed by atoms with Crippen LogP contribution in [0.3, 0.4) is 0 Å². The average molecular weight is 578 g/mol. The van der Waals surface area contributed by atoms with E-state index >= 15 is 0 Å². The molecule has 0 fully saturated rings. The van der Waals surface area contributed by atoms with Crippen molar-refractivity contribution in [2.24, 2.45) is 0 Å². The first-order chi connectivity index (χ1) is 22.1. The van der Waals surface area contributed by atoms with Crippen LogP contribution in [0.5, 0.6) is 0 Å². The third kappa shape index (κ3) is 4.10. The molecule has 4 heteroatoms. The monoisotopic (exact) mass is 577 g/mol. The fourth-order valence-electron chi connectivity index (χ4n) is 6.56.